The molecular weight excluding hydrogens is 270 g/mol. The molecule has 1 N–H and O–H groups in total. The van der Waals surface area contributed by atoms with Gasteiger partial charge in [0.25, 0.3) is 0 Å². The van der Waals surface area contributed by atoms with Gasteiger partial charge in [-0.2, -0.15) is 0 Å². The number of rotatable bonds is 5. The zero-order valence-electron chi connectivity index (χ0n) is 12.8. The maximum Gasteiger partial charge on any atom is 0.0872 e. The second-order valence-electron chi connectivity index (χ2n) is 6.00. The average Bonchev–Trinajstić information content (AvgIpc) is 2.46. The first-order chi connectivity index (χ1) is 9.61. The Morgan fingerprint density at radius 2 is 2.10 bits per heavy atom. The highest BCUT2D eigenvalue weighted by atomic mass is 35.5. The molecule has 1 unspecified atom stereocenters. The summed E-state index contributed by atoms with van der Waals surface area (Å²) in [6.07, 6.45) is 4.68. The third kappa shape index (κ3) is 3.36. The van der Waals surface area contributed by atoms with Crippen molar-refractivity contribution in [2.75, 3.05) is 13.7 Å². The minimum Gasteiger partial charge on any atom is -0.376 e. The van der Waals surface area contributed by atoms with Gasteiger partial charge in [0.15, 0.2) is 0 Å². The van der Waals surface area contributed by atoms with Crippen LogP contribution in [-0.4, -0.2) is 19.3 Å². The molecule has 0 bridgehead atoms. The molecule has 1 aromatic rings. The third-order valence-electron chi connectivity index (χ3n) is 4.64. The zero-order chi connectivity index (χ0) is 14.6. The summed E-state index contributed by atoms with van der Waals surface area (Å²) >= 11 is 6.17. The van der Waals surface area contributed by atoms with Crippen molar-refractivity contribution in [3.8, 4) is 0 Å². The third-order valence-corrected chi connectivity index (χ3v) is 4.88. The van der Waals surface area contributed by atoms with Crippen LogP contribution < -0.4 is 5.32 Å². The first-order valence-corrected chi connectivity index (χ1v) is 8.03. The van der Waals surface area contributed by atoms with E-state index in [0.717, 1.165) is 30.3 Å². The molecule has 1 atom stereocenters. The first kappa shape index (κ1) is 15.8. The number of halogens is 1. The van der Waals surface area contributed by atoms with Gasteiger partial charge in [0.2, 0.25) is 0 Å². The molecule has 1 aliphatic rings. The summed E-state index contributed by atoms with van der Waals surface area (Å²) < 4.78 is 6.03. The Bertz CT molecular complexity index is 427. The van der Waals surface area contributed by atoms with Crippen LogP contribution in [0.25, 0.3) is 0 Å². The van der Waals surface area contributed by atoms with Crippen LogP contribution in [0.15, 0.2) is 24.3 Å². The van der Waals surface area contributed by atoms with Crippen molar-refractivity contribution < 1.29 is 4.74 Å². The van der Waals surface area contributed by atoms with Gasteiger partial charge in [-0.05, 0) is 55.8 Å². The molecule has 3 heteroatoms. The molecule has 1 aliphatic carbocycles. The predicted octanol–water partition coefficient (Wildman–Crippen LogP) is 4.59. The molecule has 0 aliphatic heterocycles. The summed E-state index contributed by atoms with van der Waals surface area (Å²) in [5.74, 6) is 0.805. The van der Waals surface area contributed by atoms with Crippen LogP contribution in [-0.2, 0) is 4.74 Å². The van der Waals surface area contributed by atoms with Crippen molar-refractivity contribution in [1.82, 2.24) is 5.32 Å². The topological polar surface area (TPSA) is 21.3 Å². The second kappa shape index (κ2) is 6.93. The average molecular weight is 296 g/mol. The first-order valence-electron chi connectivity index (χ1n) is 7.65. The van der Waals surface area contributed by atoms with E-state index in [1.54, 1.807) is 0 Å². The lowest BCUT2D eigenvalue weighted by atomic mass is 9.73. The molecule has 2 nitrogen and oxygen atoms in total. The van der Waals surface area contributed by atoms with E-state index in [2.05, 4.69) is 31.3 Å². The molecular formula is C17H26ClNO. The molecule has 0 heterocycles. The number of ether oxygens (including phenoxy) is 1. The summed E-state index contributed by atoms with van der Waals surface area (Å²) in [5, 5.41) is 4.41. The van der Waals surface area contributed by atoms with E-state index in [4.69, 9.17) is 16.3 Å². The summed E-state index contributed by atoms with van der Waals surface area (Å²) in [5.41, 5.74) is 1.13. The Hall–Kier alpha value is -0.570. The van der Waals surface area contributed by atoms with Gasteiger partial charge in [-0.25, -0.2) is 0 Å². The van der Waals surface area contributed by atoms with E-state index in [1.807, 2.05) is 19.2 Å². The second-order valence-corrected chi connectivity index (χ2v) is 6.43. The maximum absolute atomic E-state index is 6.17. The van der Waals surface area contributed by atoms with Crippen LogP contribution in [0.1, 0.15) is 51.1 Å². The molecule has 2 rings (SSSR count). The lowest BCUT2D eigenvalue weighted by Gasteiger charge is -2.44. The summed E-state index contributed by atoms with van der Waals surface area (Å²) in [4.78, 5) is 0. The number of nitrogens with one attached hydrogen (secondary N) is 1. The van der Waals surface area contributed by atoms with Crippen molar-refractivity contribution in [1.29, 1.82) is 0 Å². The van der Waals surface area contributed by atoms with Gasteiger partial charge in [-0.3, -0.25) is 0 Å². The lowest BCUT2D eigenvalue weighted by molar-refractivity contribution is -0.0757. The van der Waals surface area contributed by atoms with Crippen LogP contribution in [0.2, 0.25) is 5.02 Å². The molecule has 0 radical (unpaired) electrons. The Morgan fingerprint density at radius 3 is 2.65 bits per heavy atom. The number of likely N-dealkylation sites (N-methyl/N-ethyl adjacent to an activating group) is 1. The van der Waals surface area contributed by atoms with Gasteiger partial charge >= 0.3 is 0 Å². The zero-order valence-corrected chi connectivity index (χ0v) is 13.5. The highest BCUT2D eigenvalue weighted by Gasteiger charge is 2.41. The molecule has 0 saturated heterocycles. The highest BCUT2D eigenvalue weighted by molar-refractivity contribution is 6.30. The molecule has 20 heavy (non-hydrogen) atoms. The van der Waals surface area contributed by atoms with E-state index >= 15 is 0 Å². The Labute approximate surface area is 127 Å². The Balaban J connectivity index is 2.30. The van der Waals surface area contributed by atoms with Gasteiger partial charge in [0, 0.05) is 12.1 Å². The molecule has 1 saturated carbocycles. The molecule has 112 valence electrons. The molecule has 1 fully saturated rings. The number of benzene rings is 1. The van der Waals surface area contributed by atoms with Gasteiger partial charge in [0.1, 0.15) is 0 Å². The Kier molecular flexibility index (Phi) is 5.48. The molecule has 1 aromatic carbocycles. The monoisotopic (exact) mass is 295 g/mol. The van der Waals surface area contributed by atoms with Gasteiger partial charge in [-0.1, -0.05) is 37.6 Å². The van der Waals surface area contributed by atoms with E-state index in [9.17, 15) is 0 Å². The van der Waals surface area contributed by atoms with E-state index < -0.39 is 0 Å². The van der Waals surface area contributed by atoms with Crippen LogP contribution in [0.4, 0.5) is 0 Å². The van der Waals surface area contributed by atoms with Crippen molar-refractivity contribution in [3.63, 3.8) is 0 Å². The minimum atomic E-state index is -0.104. The fourth-order valence-corrected chi connectivity index (χ4v) is 3.56. The maximum atomic E-state index is 6.17. The van der Waals surface area contributed by atoms with Crippen LogP contribution >= 0.6 is 11.6 Å². The van der Waals surface area contributed by atoms with Crippen molar-refractivity contribution in [2.45, 2.75) is 51.2 Å². The smallest absolute Gasteiger partial charge is 0.0872 e. The molecule has 0 spiro atoms. The summed E-state index contributed by atoms with van der Waals surface area (Å²) in [6.45, 7) is 5.41. The normalized spacial score (nSPS) is 28.3. The lowest BCUT2D eigenvalue weighted by Crippen LogP contribution is -2.47. The number of hydrogen-bond acceptors (Lipinski definition) is 2. The SMILES string of the molecule is CCNC(c1cccc(Cl)c1)C1(OC)CCC(C)CC1. The predicted molar refractivity (Wildman–Crippen MR) is 85.2 cm³/mol. The van der Waals surface area contributed by atoms with Gasteiger partial charge < -0.3 is 10.1 Å². The van der Waals surface area contributed by atoms with Crippen molar-refractivity contribution in [2.24, 2.45) is 5.92 Å². The van der Waals surface area contributed by atoms with E-state index in [0.29, 0.717) is 0 Å². The van der Waals surface area contributed by atoms with Crippen LogP contribution in [0.5, 0.6) is 0 Å². The molecule has 0 aromatic heterocycles. The quantitative estimate of drug-likeness (QED) is 0.858. The summed E-state index contributed by atoms with van der Waals surface area (Å²) in [6, 6.07) is 8.38. The van der Waals surface area contributed by atoms with Gasteiger partial charge in [-0.15, -0.1) is 0 Å². The molecule has 0 amide bonds. The highest BCUT2D eigenvalue weighted by Crippen LogP contribution is 2.43. The fraction of sp³-hybridized carbons (Fsp3) is 0.647. The number of methoxy groups -OCH3 is 1. The van der Waals surface area contributed by atoms with E-state index in [-0.39, 0.29) is 11.6 Å². The number of hydrogen-bond donors (Lipinski definition) is 1. The standard InChI is InChI=1S/C17H26ClNO/c1-4-19-16(14-6-5-7-15(18)12-14)17(20-3)10-8-13(2)9-11-17/h5-7,12-13,16,19H,4,8-11H2,1-3H3. The minimum absolute atomic E-state index is 0.104. The van der Waals surface area contributed by atoms with Gasteiger partial charge in [0.05, 0.1) is 11.6 Å². The largest absolute Gasteiger partial charge is 0.376 e. The summed E-state index contributed by atoms with van der Waals surface area (Å²) in [7, 11) is 1.85. The van der Waals surface area contributed by atoms with Crippen LogP contribution in [0.3, 0.4) is 0 Å². The fourth-order valence-electron chi connectivity index (χ4n) is 3.36. The van der Waals surface area contributed by atoms with Crippen LogP contribution in [0, 0.1) is 5.92 Å². The van der Waals surface area contributed by atoms with Crippen molar-refractivity contribution >= 4 is 11.6 Å². The van der Waals surface area contributed by atoms with E-state index in [1.165, 1.54) is 18.4 Å². The Morgan fingerprint density at radius 1 is 1.40 bits per heavy atom. The van der Waals surface area contributed by atoms with Crippen molar-refractivity contribution in [3.05, 3.63) is 34.9 Å².